The van der Waals surface area contributed by atoms with Crippen molar-refractivity contribution in [2.45, 2.75) is 25.7 Å². The van der Waals surface area contributed by atoms with Crippen molar-refractivity contribution in [2.24, 2.45) is 0 Å². The predicted molar refractivity (Wildman–Crippen MR) is 140 cm³/mol. The maximum absolute atomic E-state index is 13.7. The monoisotopic (exact) mass is 517 g/mol. The van der Waals surface area contributed by atoms with Crippen molar-refractivity contribution in [1.82, 2.24) is 20.0 Å². The fourth-order valence-corrected chi connectivity index (χ4v) is 5.19. The van der Waals surface area contributed by atoms with E-state index in [1.54, 1.807) is 18.3 Å². The molecular formula is C26H30Cl2FN5O. The first-order valence-electron chi connectivity index (χ1n) is 11.9. The Balaban J connectivity index is 0.00000289. The van der Waals surface area contributed by atoms with Crippen LogP contribution in [0.2, 0.25) is 5.02 Å². The molecule has 3 heterocycles. The number of piperazine rings is 1. The lowest BCUT2D eigenvalue weighted by molar-refractivity contribution is 0.0744. The van der Waals surface area contributed by atoms with Crippen LogP contribution in [0.15, 0.2) is 48.7 Å². The second-order valence-corrected chi connectivity index (χ2v) is 9.43. The SMILES string of the molecule is Cc1c(Cl)cccc1-n1ncc(C(=O)N2CCN(c3ccc(F)cc3)CC2)c1C1CCNCC1.Cl. The average Bonchev–Trinajstić information content (AvgIpc) is 3.31. The zero-order valence-electron chi connectivity index (χ0n) is 19.7. The van der Waals surface area contributed by atoms with Crippen molar-refractivity contribution >= 4 is 35.6 Å². The van der Waals surface area contributed by atoms with Crippen molar-refractivity contribution in [2.75, 3.05) is 44.2 Å². The van der Waals surface area contributed by atoms with E-state index in [1.165, 1.54) is 12.1 Å². The van der Waals surface area contributed by atoms with E-state index in [4.69, 9.17) is 16.7 Å². The van der Waals surface area contributed by atoms with E-state index in [0.717, 1.165) is 48.6 Å². The molecule has 0 bridgehead atoms. The van der Waals surface area contributed by atoms with E-state index >= 15 is 0 Å². The van der Waals surface area contributed by atoms with Crippen LogP contribution >= 0.6 is 24.0 Å². The van der Waals surface area contributed by atoms with Crippen LogP contribution in [0.3, 0.4) is 0 Å². The number of hydrogen-bond donors (Lipinski definition) is 1. The third-order valence-electron chi connectivity index (χ3n) is 6.99. The number of carbonyl (C=O) groups is 1. The molecule has 5 rings (SSSR count). The zero-order valence-corrected chi connectivity index (χ0v) is 21.3. The number of benzene rings is 2. The Morgan fingerprint density at radius 3 is 2.43 bits per heavy atom. The highest BCUT2D eigenvalue weighted by Crippen LogP contribution is 2.33. The lowest BCUT2D eigenvalue weighted by Crippen LogP contribution is -2.49. The van der Waals surface area contributed by atoms with Crippen molar-refractivity contribution in [3.05, 3.63) is 76.3 Å². The molecule has 9 heteroatoms. The second-order valence-electron chi connectivity index (χ2n) is 9.02. The van der Waals surface area contributed by atoms with Gasteiger partial charge in [0.05, 0.1) is 23.1 Å². The number of piperidine rings is 1. The van der Waals surface area contributed by atoms with Gasteiger partial charge in [0.1, 0.15) is 5.82 Å². The van der Waals surface area contributed by atoms with E-state index in [0.29, 0.717) is 36.8 Å². The van der Waals surface area contributed by atoms with Gasteiger partial charge in [0.25, 0.3) is 5.91 Å². The van der Waals surface area contributed by atoms with E-state index in [2.05, 4.69) is 10.2 Å². The fraction of sp³-hybridized carbons (Fsp3) is 0.385. The van der Waals surface area contributed by atoms with Crippen LogP contribution < -0.4 is 10.2 Å². The highest BCUT2D eigenvalue weighted by Gasteiger charge is 2.31. The van der Waals surface area contributed by atoms with Gasteiger partial charge in [-0.15, -0.1) is 12.4 Å². The van der Waals surface area contributed by atoms with E-state index in [9.17, 15) is 9.18 Å². The van der Waals surface area contributed by atoms with Crippen LogP contribution in [0.4, 0.5) is 10.1 Å². The van der Waals surface area contributed by atoms with Gasteiger partial charge in [0, 0.05) is 42.8 Å². The summed E-state index contributed by atoms with van der Waals surface area (Å²) in [5.41, 5.74) is 4.52. The topological polar surface area (TPSA) is 53.4 Å². The molecule has 2 aliphatic rings. The molecule has 0 unspecified atom stereocenters. The summed E-state index contributed by atoms with van der Waals surface area (Å²) in [6.07, 6.45) is 3.65. The minimum absolute atomic E-state index is 0. The third-order valence-corrected chi connectivity index (χ3v) is 7.40. The van der Waals surface area contributed by atoms with Gasteiger partial charge in [0.15, 0.2) is 0 Å². The fourth-order valence-electron chi connectivity index (χ4n) is 5.02. The maximum atomic E-state index is 13.7. The normalized spacial score (nSPS) is 16.8. The Morgan fingerprint density at radius 1 is 1.06 bits per heavy atom. The Labute approximate surface area is 216 Å². The number of amides is 1. The Morgan fingerprint density at radius 2 is 1.74 bits per heavy atom. The number of nitrogens with zero attached hydrogens (tertiary/aromatic N) is 4. The quantitative estimate of drug-likeness (QED) is 0.538. The number of rotatable bonds is 4. The average molecular weight is 518 g/mol. The summed E-state index contributed by atoms with van der Waals surface area (Å²) in [4.78, 5) is 17.8. The van der Waals surface area contributed by atoms with Crippen molar-refractivity contribution in [3.63, 3.8) is 0 Å². The lowest BCUT2D eigenvalue weighted by atomic mass is 9.91. The first-order chi connectivity index (χ1) is 16.5. The first-order valence-corrected chi connectivity index (χ1v) is 12.2. The molecule has 1 aromatic heterocycles. The molecule has 186 valence electrons. The molecule has 1 N–H and O–H groups in total. The van der Waals surface area contributed by atoms with Crippen LogP contribution in [-0.2, 0) is 0 Å². The maximum Gasteiger partial charge on any atom is 0.257 e. The summed E-state index contributed by atoms with van der Waals surface area (Å²) in [5.74, 6) is 0.0368. The van der Waals surface area contributed by atoms with Gasteiger partial charge >= 0.3 is 0 Å². The first kappa shape index (κ1) is 25.5. The number of anilines is 1. The summed E-state index contributed by atoms with van der Waals surface area (Å²) in [6, 6.07) is 12.3. The molecule has 0 saturated carbocycles. The smallest absolute Gasteiger partial charge is 0.257 e. The van der Waals surface area contributed by atoms with Crippen molar-refractivity contribution < 1.29 is 9.18 Å². The Bertz CT molecular complexity index is 1170. The number of nitrogens with one attached hydrogen (secondary N) is 1. The van der Waals surface area contributed by atoms with Gasteiger partial charge in [-0.2, -0.15) is 5.10 Å². The molecule has 0 atom stereocenters. The molecule has 0 spiro atoms. The molecule has 2 fully saturated rings. The summed E-state index contributed by atoms with van der Waals surface area (Å²) < 4.78 is 15.2. The van der Waals surface area contributed by atoms with Gasteiger partial charge < -0.3 is 15.1 Å². The number of halogens is 3. The van der Waals surface area contributed by atoms with Crippen molar-refractivity contribution in [1.29, 1.82) is 0 Å². The molecule has 2 aliphatic heterocycles. The Kier molecular flexibility index (Phi) is 7.99. The molecule has 6 nitrogen and oxygen atoms in total. The molecule has 35 heavy (non-hydrogen) atoms. The van der Waals surface area contributed by atoms with Crippen LogP contribution in [0, 0.1) is 12.7 Å². The van der Waals surface area contributed by atoms with E-state index in [1.807, 2.05) is 34.7 Å². The minimum atomic E-state index is -0.241. The molecule has 1 amide bonds. The molecular weight excluding hydrogens is 488 g/mol. The highest BCUT2D eigenvalue weighted by molar-refractivity contribution is 6.31. The van der Waals surface area contributed by atoms with E-state index in [-0.39, 0.29) is 30.0 Å². The summed E-state index contributed by atoms with van der Waals surface area (Å²) in [5, 5.41) is 8.80. The second kappa shape index (κ2) is 11.0. The third kappa shape index (κ3) is 5.17. The predicted octanol–water partition coefficient (Wildman–Crippen LogP) is 4.82. The lowest BCUT2D eigenvalue weighted by Gasteiger charge is -2.36. The van der Waals surface area contributed by atoms with Crippen LogP contribution in [0.5, 0.6) is 0 Å². The zero-order chi connectivity index (χ0) is 23.7. The highest BCUT2D eigenvalue weighted by atomic mass is 35.5. The standard InChI is InChI=1S/C26H29ClFN5O.ClH/c1-18-23(27)3-2-4-24(18)33-25(19-9-11-29-12-10-19)22(17-30-33)26(34)32-15-13-31(14-16-32)21-7-5-20(28)6-8-21;/h2-8,17,19,29H,9-16H2,1H3;1H. The van der Waals surface area contributed by atoms with Crippen molar-refractivity contribution in [3.8, 4) is 5.69 Å². The van der Waals surface area contributed by atoms with Gasteiger partial charge in [-0.1, -0.05) is 17.7 Å². The molecule has 2 saturated heterocycles. The number of hydrogen-bond acceptors (Lipinski definition) is 4. The van der Waals surface area contributed by atoms with Gasteiger partial charge in [-0.3, -0.25) is 4.79 Å². The molecule has 2 aromatic carbocycles. The molecule has 0 radical (unpaired) electrons. The molecule has 3 aromatic rings. The number of aromatic nitrogens is 2. The van der Waals surface area contributed by atoms with Crippen LogP contribution in [0.25, 0.3) is 5.69 Å². The summed E-state index contributed by atoms with van der Waals surface area (Å²) in [7, 11) is 0. The molecule has 0 aliphatic carbocycles. The van der Waals surface area contributed by atoms with Crippen LogP contribution in [0.1, 0.15) is 40.4 Å². The van der Waals surface area contributed by atoms with Crippen LogP contribution in [-0.4, -0.2) is 59.9 Å². The van der Waals surface area contributed by atoms with Gasteiger partial charge in [0.2, 0.25) is 0 Å². The summed E-state index contributed by atoms with van der Waals surface area (Å²) in [6.45, 7) is 6.49. The van der Waals surface area contributed by atoms with Gasteiger partial charge in [-0.25, -0.2) is 9.07 Å². The minimum Gasteiger partial charge on any atom is -0.368 e. The Hall–Kier alpha value is -2.61. The largest absolute Gasteiger partial charge is 0.368 e. The van der Waals surface area contributed by atoms with Gasteiger partial charge in [-0.05, 0) is 74.8 Å². The summed E-state index contributed by atoms with van der Waals surface area (Å²) >= 11 is 6.41. The van der Waals surface area contributed by atoms with E-state index < -0.39 is 0 Å². The number of carbonyl (C=O) groups excluding carboxylic acids is 1.